The van der Waals surface area contributed by atoms with Crippen LogP contribution in [0.1, 0.15) is 25.5 Å². The summed E-state index contributed by atoms with van der Waals surface area (Å²) in [5.41, 5.74) is 0.501. The first kappa shape index (κ1) is 15.0. The summed E-state index contributed by atoms with van der Waals surface area (Å²) in [5, 5.41) is 31.3. The molecule has 0 aliphatic heterocycles. The minimum Gasteiger partial charge on any atom is -0.508 e. The monoisotopic (exact) mass is 247 g/mol. The van der Waals surface area contributed by atoms with Crippen molar-refractivity contribution in [2.75, 3.05) is 6.54 Å². The number of phenols is 2. The van der Waals surface area contributed by atoms with Gasteiger partial charge in [-0.25, -0.2) is 0 Å². The molecule has 0 aliphatic carbocycles. The standard InChI is InChI=1S/C11H17NO3.ClH/c1-7(2)12-6-11(15)8-3-9(13)5-10(14)4-8;/h3-5,7,11-15H,6H2,1-2H3;1H. The van der Waals surface area contributed by atoms with E-state index < -0.39 is 6.10 Å². The minimum absolute atomic E-state index is 0. The molecule has 0 aromatic heterocycles. The Morgan fingerprint density at radius 3 is 2.06 bits per heavy atom. The quantitative estimate of drug-likeness (QED) is 0.652. The Kier molecular flexibility index (Phi) is 6.18. The number of hydrogen-bond donors (Lipinski definition) is 4. The molecule has 0 spiro atoms. The molecule has 0 saturated heterocycles. The Balaban J connectivity index is 0.00000225. The number of aliphatic hydroxyl groups is 1. The first-order valence-electron chi connectivity index (χ1n) is 4.93. The minimum atomic E-state index is -0.731. The second kappa shape index (κ2) is 6.58. The van der Waals surface area contributed by atoms with Gasteiger partial charge >= 0.3 is 0 Å². The van der Waals surface area contributed by atoms with E-state index in [1.165, 1.54) is 18.2 Å². The topological polar surface area (TPSA) is 72.7 Å². The van der Waals surface area contributed by atoms with Crippen molar-refractivity contribution < 1.29 is 15.3 Å². The fourth-order valence-electron chi connectivity index (χ4n) is 1.28. The van der Waals surface area contributed by atoms with Crippen LogP contribution in [0.5, 0.6) is 11.5 Å². The molecule has 1 aromatic carbocycles. The van der Waals surface area contributed by atoms with E-state index in [1.807, 2.05) is 13.8 Å². The van der Waals surface area contributed by atoms with Gasteiger partial charge in [0, 0.05) is 18.7 Å². The molecule has 1 atom stereocenters. The summed E-state index contributed by atoms with van der Waals surface area (Å²) in [7, 11) is 0. The second-order valence-electron chi connectivity index (χ2n) is 3.86. The molecule has 0 amide bonds. The van der Waals surface area contributed by atoms with Crippen molar-refractivity contribution >= 4 is 12.4 Å². The molecule has 0 saturated carbocycles. The molecular formula is C11H18ClNO3. The zero-order valence-corrected chi connectivity index (χ0v) is 10.2. The SMILES string of the molecule is CC(C)NCC(O)c1cc(O)cc(O)c1.Cl. The Hall–Kier alpha value is -0.970. The van der Waals surface area contributed by atoms with Gasteiger partial charge in [0.05, 0.1) is 6.10 Å². The summed E-state index contributed by atoms with van der Waals surface area (Å²) in [6.45, 7) is 4.35. The summed E-state index contributed by atoms with van der Waals surface area (Å²) in [4.78, 5) is 0. The van der Waals surface area contributed by atoms with Gasteiger partial charge < -0.3 is 20.6 Å². The normalized spacial score (nSPS) is 12.2. The van der Waals surface area contributed by atoms with Crippen LogP contribution in [0.25, 0.3) is 0 Å². The van der Waals surface area contributed by atoms with E-state index in [9.17, 15) is 15.3 Å². The van der Waals surface area contributed by atoms with Gasteiger partial charge in [0.2, 0.25) is 0 Å². The number of rotatable bonds is 4. The van der Waals surface area contributed by atoms with Gasteiger partial charge in [0.15, 0.2) is 0 Å². The van der Waals surface area contributed by atoms with Gasteiger partial charge in [-0.05, 0) is 17.7 Å². The smallest absolute Gasteiger partial charge is 0.119 e. The summed E-state index contributed by atoms with van der Waals surface area (Å²) in [5.74, 6) is -0.0952. The third kappa shape index (κ3) is 4.70. The Bertz CT molecular complexity index is 311. The molecular weight excluding hydrogens is 230 g/mol. The molecule has 1 aromatic rings. The lowest BCUT2D eigenvalue weighted by Crippen LogP contribution is -2.27. The maximum absolute atomic E-state index is 9.73. The predicted octanol–water partition coefficient (Wildman–Crippen LogP) is 1.55. The van der Waals surface area contributed by atoms with Crippen molar-refractivity contribution in [3.05, 3.63) is 23.8 Å². The third-order valence-electron chi connectivity index (χ3n) is 2.03. The number of halogens is 1. The fraction of sp³-hybridized carbons (Fsp3) is 0.455. The highest BCUT2D eigenvalue weighted by molar-refractivity contribution is 5.85. The number of aromatic hydroxyl groups is 2. The van der Waals surface area contributed by atoms with Crippen molar-refractivity contribution in [1.82, 2.24) is 5.32 Å². The Labute approximate surface area is 101 Å². The first-order chi connectivity index (χ1) is 6.99. The van der Waals surface area contributed by atoms with E-state index in [1.54, 1.807) is 0 Å². The largest absolute Gasteiger partial charge is 0.508 e. The lowest BCUT2D eigenvalue weighted by Gasteiger charge is -2.14. The second-order valence-corrected chi connectivity index (χ2v) is 3.86. The number of aliphatic hydroxyl groups excluding tert-OH is 1. The summed E-state index contributed by atoms with van der Waals surface area (Å²) < 4.78 is 0. The number of benzene rings is 1. The Morgan fingerprint density at radius 2 is 1.62 bits per heavy atom. The van der Waals surface area contributed by atoms with Crippen molar-refractivity contribution in [1.29, 1.82) is 0 Å². The van der Waals surface area contributed by atoms with Gasteiger partial charge in [-0.15, -0.1) is 12.4 Å². The van der Waals surface area contributed by atoms with Crippen LogP contribution in [0.4, 0.5) is 0 Å². The molecule has 1 rings (SSSR count). The lowest BCUT2D eigenvalue weighted by atomic mass is 10.1. The average molecular weight is 248 g/mol. The highest BCUT2D eigenvalue weighted by Gasteiger charge is 2.10. The zero-order chi connectivity index (χ0) is 11.4. The maximum Gasteiger partial charge on any atom is 0.119 e. The van der Waals surface area contributed by atoms with Gasteiger partial charge in [0.1, 0.15) is 11.5 Å². The van der Waals surface area contributed by atoms with Crippen LogP contribution in [0.3, 0.4) is 0 Å². The third-order valence-corrected chi connectivity index (χ3v) is 2.03. The van der Waals surface area contributed by atoms with E-state index in [0.29, 0.717) is 12.1 Å². The van der Waals surface area contributed by atoms with Crippen LogP contribution >= 0.6 is 12.4 Å². The fourth-order valence-corrected chi connectivity index (χ4v) is 1.28. The first-order valence-corrected chi connectivity index (χ1v) is 4.93. The van der Waals surface area contributed by atoms with Crippen LogP contribution in [0.2, 0.25) is 0 Å². The van der Waals surface area contributed by atoms with Gasteiger partial charge in [-0.2, -0.15) is 0 Å². The molecule has 92 valence electrons. The molecule has 0 bridgehead atoms. The molecule has 4 N–H and O–H groups in total. The number of nitrogens with one attached hydrogen (secondary N) is 1. The van der Waals surface area contributed by atoms with Crippen LogP contribution in [-0.4, -0.2) is 27.9 Å². The zero-order valence-electron chi connectivity index (χ0n) is 9.34. The summed E-state index contributed by atoms with van der Waals surface area (Å²) in [6, 6.07) is 4.38. The van der Waals surface area contributed by atoms with Crippen molar-refractivity contribution in [3.8, 4) is 11.5 Å². The lowest BCUT2D eigenvalue weighted by molar-refractivity contribution is 0.171. The van der Waals surface area contributed by atoms with Crippen molar-refractivity contribution in [3.63, 3.8) is 0 Å². The number of hydrogen-bond acceptors (Lipinski definition) is 4. The van der Waals surface area contributed by atoms with Gasteiger partial charge in [-0.3, -0.25) is 0 Å². The van der Waals surface area contributed by atoms with E-state index >= 15 is 0 Å². The molecule has 4 nitrogen and oxygen atoms in total. The molecule has 5 heteroatoms. The van der Waals surface area contributed by atoms with E-state index in [-0.39, 0.29) is 29.9 Å². The van der Waals surface area contributed by atoms with Gasteiger partial charge in [-0.1, -0.05) is 13.8 Å². The average Bonchev–Trinajstić information content (AvgIpc) is 2.12. The molecule has 0 heterocycles. The molecule has 0 radical (unpaired) electrons. The van der Waals surface area contributed by atoms with Crippen molar-refractivity contribution in [2.24, 2.45) is 0 Å². The molecule has 16 heavy (non-hydrogen) atoms. The van der Waals surface area contributed by atoms with E-state index in [2.05, 4.69) is 5.32 Å². The predicted molar refractivity (Wildman–Crippen MR) is 65.1 cm³/mol. The highest BCUT2D eigenvalue weighted by Crippen LogP contribution is 2.24. The molecule has 0 aliphatic rings. The Morgan fingerprint density at radius 1 is 1.12 bits per heavy atom. The van der Waals surface area contributed by atoms with Crippen LogP contribution in [-0.2, 0) is 0 Å². The van der Waals surface area contributed by atoms with Crippen LogP contribution in [0.15, 0.2) is 18.2 Å². The highest BCUT2D eigenvalue weighted by atomic mass is 35.5. The summed E-state index contributed by atoms with van der Waals surface area (Å²) in [6.07, 6.45) is -0.731. The van der Waals surface area contributed by atoms with Gasteiger partial charge in [0.25, 0.3) is 0 Å². The van der Waals surface area contributed by atoms with Crippen LogP contribution < -0.4 is 5.32 Å². The van der Waals surface area contributed by atoms with Crippen molar-refractivity contribution in [2.45, 2.75) is 26.0 Å². The maximum atomic E-state index is 9.73. The van der Waals surface area contributed by atoms with E-state index in [0.717, 1.165) is 0 Å². The molecule has 0 fully saturated rings. The number of phenolic OH excluding ortho intramolecular Hbond substituents is 2. The van der Waals surface area contributed by atoms with Crippen LogP contribution in [0, 0.1) is 0 Å². The van der Waals surface area contributed by atoms with E-state index in [4.69, 9.17) is 0 Å². The summed E-state index contributed by atoms with van der Waals surface area (Å²) >= 11 is 0. The molecule has 1 unspecified atom stereocenters.